The zero-order chi connectivity index (χ0) is 13.1. The molecule has 1 heterocycles. The highest BCUT2D eigenvalue weighted by atomic mass is 16.5. The van der Waals surface area contributed by atoms with Crippen molar-refractivity contribution in [1.29, 1.82) is 0 Å². The predicted molar refractivity (Wildman–Crippen MR) is 73.3 cm³/mol. The Bertz CT molecular complexity index is 397. The molecule has 0 spiro atoms. The number of aliphatic hydroxyl groups excluding tert-OH is 1. The summed E-state index contributed by atoms with van der Waals surface area (Å²) in [4.78, 5) is 4.54. The number of rotatable bonds is 3. The summed E-state index contributed by atoms with van der Waals surface area (Å²) in [5, 5.41) is 9.61. The molecule has 2 unspecified atom stereocenters. The normalized spacial score (nSPS) is 25.2. The molecule has 0 bridgehead atoms. The van der Waals surface area contributed by atoms with Crippen molar-refractivity contribution in [2.24, 2.45) is 0 Å². The van der Waals surface area contributed by atoms with E-state index in [0.29, 0.717) is 6.04 Å². The largest absolute Gasteiger partial charge is 0.495 e. The van der Waals surface area contributed by atoms with Crippen LogP contribution < -0.4 is 9.64 Å². The van der Waals surface area contributed by atoms with Crippen LogP contribution in [0.25, 0.3) is 0 Å². The maximum Gasteiger partial charge on any atom is 0.142 e. The quantitative estimate of drug-likeness (QED) is 0.874. The average Bonchev–Trinajstić information content (AvgIpc) is 2.38. The maximum absolute atomic E-state index is 9.61. The average molecular weight is 250 g/mol. The van der Waals surface area contributed by atoms with Crippen molar-refractivity contribution in [3.05, 3.63) is 24.3 Å². The van der Waals surface area contributed by atoms with E-state index in [4.69, 9.17) is 4.74 Å². The van der Waals surface area contributed by atoms with Crippen molar-refractivity contribution in [3.8, 4) is 5.75 Å². The van der Waals surface area contributed by atoms with Gasteiger partial charge in [-0.2, -0.15) is 0 Å². The number of para-hydroxylation sites is 2. The first-order valence-electron chi connectivity index (χ1n) is 6.38. The highest BCUT2D eigenvalue weighted by Gasteiger charge is 2.31. The van der Waals surface area contributed by atoms with Crippen LogP contribution in [0.1, 0.15) is 6.92 Å². The molecule has 0 radical (unpaired) electrons. The molecule has 1 saturated heterocycles. The number of likely N-dealkylation sites (N-methyl/N-ethyl adjacent to an activating group) is 1. The highest BCUT2D eigenvalue weighted by molar-refractivity contribution is 5.60. The molecule has 0 saturated carbocycles. The van der Waals surface area contributed by atoms with Gasteiger partial charge in [0.1, 0.15) is 5.75 Å². The van der Waals surface area contributed by atoms with Gasteiger partial charge in [0.15, 0.2) is 0 Å². The number of anilines is 1. The van der Waals surface area contributed by atoms with Crippen molar-refractivity contribution in [2.75, 3.05) is 38.8 Å². The summed E-state index contributed by atoms with van der Waals surface area (Å²) in [6.07, 6.45) is 0. The molecule has 1 aromatic rings. The fourth-order valence-corrected chi connectivity index (χ4v) is 2.84. The summed E-state index contributed by atoms with van der Waals surface area (Å²) in [6, 6.07) is 8.49. The standard InChI is InChI=1S/C14H22N2O2/c1-11-8-15(2)9-12(10-17)16(11)13-6-4-5-7-14(13)18-3/h4-7,11-12,17H,8-10H2,1-3H3. The zero-order valence-electron chi connectivity index (χ0n) is 11.3. The SMILES string of the molecule is COc1ccccc1N1C(C)CN(C)CC1CO. The van der Waals surface area contributed by atoms with Gasteiger partial charge in [0.05, 0.1) is 25.4 Å². The fraction of sp³-hybridized carbons (Fsp3) is 0.571. The van der Waals surface area contributed by atoms with E-state index in [0.717, 1.165) is 24.5 Å². The smallest absolute Gasteiger partial charge is 0.142 e. The lowest BCUT2D eigenvalue weighted by molar-refractivity contribution is 0.170. The molecule has 4 nitrogen and oxygen atoms in total. The first kappa shape index (κ1) is 13.2. The van der Waals surface area contributed by atoms with Crippen LogP contribution in [-0.4, -0.2) is 55.9 Å². The van der Waals surface area contributed by atoms with Crippen LogP contribution in [0.15, 0.2) is 24.3 Å². The molecule has 2 atom stereocenters. The number of piperazine rings is 1. The number of hydrogen-bond acceptors (Lipinski definition) is 4. The second kappa shape index (κ2) is 5.59. The van der Waals surface area contributed by atoms with Gasteiger partial charge in [-0.25, -0.2) is 0 Å². The summed E-state index contributed by atoms with van der Waals surface area (Å²) in [5.41, 5.74) is 1.07. The summed E-state index contributed by atoms with van der Waals surface area (Å²) >= 11 is 0. The molecular weight excluding hydrogens is 228 g/mol. The van der Waals surface area contributed by atoms with E-state index in [2.05, 4.69) is 29.8 Å². The highest BCUT2D eigenvalue weighted by Crippen LogP contribution is 2.32. The van der Waals surface area contributed by atoms with Gasteiger partial charge in [0.25, 0.3) is 0 Å². The van der Waals surface area contributed by atoms with E-state index >= 15 is 0 Å². The third-order valence-corrected chi connectivity index (χ3v) is 3.54. The molecule has 1 fully saturated rings. The van der Waals surface area contributed by atoms with E-state index in [1.165, 1.54) is 0 Å². The van der Waals surface area contributed by atoms with Crippen molar-refractivity contribution in [1.82, 2.24) is 4.90 Å². The number of aliphatic hydroxyl groups is 1. The summed E-state index contributed by atoms with van der Waals surface area (Å²) in [6.45, 7) is 4.21. The van der Waals surface area contributed by atoms with Crippen molar-refractivity contribution >= 4 is 5.69 Å². The lowest BCUT2D eigenvalue weighted by Crippen LogP contribution is -2.58. The van der Waals surface area contributed by atoms with Crippen LogP contribution in [0, 0.1) is 0 Å². The summed E-state index contributed by atoms with van der Waals surface area (Å²) in [5.74, 6) is 0.868. The topological polar surface area (TPSA) is 35.9 Å². The maximum atomic E-state index is 9.61. The second-order valence-electron chi connectivity index (χ2n) is 4.99. The lowest BCUT2D eigenvalue weighted by Gasteiger charge is -2.45. The van der Waals surface area contributed by atoms with Crippen molar-refractivity contribution < 1.29 is 9.84 Å². The molecular formula is C14H22N2O2. The fourth-order valence-electron chi connectivity index (χ4n) is 2.84. The Kier molecular flexibility index (Phi) is 4.09. The van der Waals surface area contributed by atoms with Gasteiger partial charge in [-0.3, -0.25) is 0 Å². The number of nitrogens with zero attached hydrogens (tertiary/aromatic N) is 2. The van der Waals surface area contributed by atoms with Gasteiger partial charge in [-0.1, -0.05) is 12.1 Å². The van der Waals surface area contributed by atoms with Gasteiger partial charge >= 0.3 is 0 Å². The third kappa shape index (κ3) is 2.44. The molecule has 100 valence electrons. The van der Waals surface area contributed by atoms with Gasteiger partial charge in [-0.15, -0.1) is 0 Å². The van der Waals surface area contributed by atoms with E-state index in [-0.39, 0.29) is 12.6 Å². The second-order valence-corrected chi connectivity index (χ2v) is 4.99. The Labute approximate surface area is 109 Å². The molecule has 0 aliphatic carbocycles. The molecule has 2 rings (SSSR count). The molecule has 1 aliphatic heterocycles. The zero-order valence-corrected chi connectivity index (χ0v) is 11.3. The van der Waals surface area contributed by atoms with Crippen LogP contribution in [0.2, 0.25) is 0 Å². The van der Waals surface area contributed by atoms with Crippen molar-refractivity contribution in [3.63, 3.8) is 0 Å². The number of hydrogen-bond donors (Lipinski definition) is 1. The Morgan fingerprint density at radius 1 is 1.33 bits per heavy atom. The van der Waals surface area contributed by atoms with Crippen LogP contribution in [0.4, 0.5) is 5.69 Å². The first-order valence-corrected chi connectivity index (χ1v) is 6.38. The minimum absolute atomic E-state index is 0.120. The van der Waals surface area contributed by atoms with Crippen LogP contribution >= 0.6 is 0 Å². The predicted octanol–water partition coefficient (Wildman–Crippen LogP) is 1.20. The van der Waals surface area contributed by atoms with Gasteiger partial charge in [-0.05, 0) is 26.1 Å². The molecule has 1 aliphatic rings. The van der Waals surface area contributed by atoms with Gasteiger partial charge in [0, 0.05) is 19.1 Å². The van der Waals surface area contributed by atoms with E-state index in [1.807, 2.05) is 18.2 Å². The molecule has 1 N–H and O–H groups in total. The van der Waals surface area contributed by atoms with Crippen LogP contribution in [0.3, 0.4) is 0 Å². The Hall–Kier alpha value is -1.26. The number of ether oxygens (including phenoxy) is 1. The van der Waals surface area contributed by atoms with Gasteiger partial charge < -0.3 is 19.6 Å². The first-order chi connectivity index (χ1) is 8.67. The Morgan fingerprint density at radius 2 is 2.06 bits per heavy atom. The summed E-state index contributed by atoms with van der Waals surface area (Å²) < 4.78 is 5.43. The number of methoxy groups -OCH3 is 1. The molecule has 0 amide bonds. The third-order valence-electron chi connectivity index (χ3n) is 3.54. The summed E-state index contributed by atoms with van der Waals surface area (Å²) in [7, 11) is 3.78. The Balaban J connectivity index is 2.34. The van der Waals surface area contributed by atoms with E-state index < -0.39 is 0 Å². The monoisotopic (exact) mass is 250 g/mol. The van der Waals surface area contributed by atoms with E-state index in [1.54, 1.807) is 7.11 Å². The Morgan fingerprint density at radius 3 is 2.72 bits per heavy atom. The molecule has 18 heavy (non-hydrogen) atoms. The van der Waals surface area contributed by atoms with Crippen LogP contribution in [0.5, 0.6) is 5.75 Å². The van der Waals surface area contributed by atoms with E-state index in [9.17, 15) is 5.11 Å². The van der Waals surface area contributed by atoms with Crippen LogP contribution in [-0.2, 0) is 0 Å². The van der Waals surface area contributed by atoms with Gasteiger partial charge in [0.2, 0.25) is 0 Å². The van der Waals surface area contributed by atoms with Crippen molar-refractivity contribution in [2.45, 2.75) is 19.0 Å². The molecule has 4 heteroatoms. The number of benzene rings is 1. The lowest BCUT2D eigenvalue weighted by atomic mass is 10.1. The minimum Gasteiger partial charge on any atom is -0.495 e. The minimum atomic E-state index is 0.120. The molecule has 1 aromatic carbocycles. The molecule has 0 aromatic heterocycles.